The minimum atomic E-state index is -0.690. The van der Waals surface area contributed by atoms with Crippen LogP contribution in [-0.4, -0.2) is 35.7 Å². The molecule has 1 aromatic rings. The number of likely N-dealkylation sites (N-methyl/N-ethyl adjacent to an activating group) is 1. The highest BCUT2D eigenvalue weighted by Gasteiger charge is 2.29. The molecule has 0 amide bonds. The van der Waals surface area contributed by atoms with Crippen LogP contribution in [0.5, 0.6) is 0 Å². The average Bonchev–Trinajstić information content (AvgIpc) is 2.17. The standard InChI is InChI=1S/C13H21NO/c1-11(14(3)4)13(2,15)10-12-8-6-5-7-9-12/h5-9,11,15H,10H2,1-4H3/t11-,13?/m1/s1. The van der Waals surface area contributed by atoms with Crippen LogP contribution in [0, 0.1) is 0 Å². The van der Waals surface area contributed by atoms with Gasteiger partial charge in [0.25, 0.3) is 0 Å². The SMILES string of the molecule is C[C@@H](N(C)C)C(C)(O)Cc1ccccc1. The highest BCUT2D eigenvalue weighted by atomic mass is 16.3. The summed E-state index contributed by atoms with van der Waals surface area (Å²) in [7, 11) is 3.98. The molecule has 0 aliphatic rings. The monoisotopic (exact) mass is 207 g/mol. The van der Waals surface area contributed by atoms with Crippen LogP contribution in [0.3, 0.4) is 0 Å². The minimum absolute atomic E-state index is 0.137. The second-order valence-corrected chi connectivity index (χ2v) is 4.66. The highest BCUT2D eigenvalue weighted by molar-refractivity contribution is 5.17. The second kappa shape index (κ2) is 4.77. The first-order valence-electron chi connectivity index (χ1n) is 5.36. The van der Waals surface area contributed by atoms with Gasteiger partial charge in [-0.3, -0.25) is 0 Å². The summed E-state index contributed by atoms with van der Waals surface area (Å²) in [5, 5.41) is 10.4. The van der Waals surface area contributed by atoms with E-state index in [1.807, 2.05) is 51.0 Å². The Morgan fingerprint density at radius 1 is 1.27 bits per heavy atom. The van der Waals surface area contributed by atoms with Crippen molar-refractivity contribution in [3.05, 3.63) is 35.9 Å². The summed E-state index contributed by atoms with van der Waals surface area (Å²) >= 11 is 0. The van der Waals surface area contributed by atoms with Gasteiger partial charge in [0.05, 0.1) is 5.60 Å². The van der Waals surface area contributed by atoms with Crippen LogP contribution in [-0.2, 0) is 6.42 Å². The summed E-state index contributed by atoms with van der Waals surface area (Å²) in [4.78, 5) is 2.04. The summed E-state index contributed by atoms with van der Waals surface area (Å²) in [6, 6.07) is 10.2. The summed E-state index contributed by atoms with van der Waals surface area (Å²) in [5.41, 5.74) is 0.487. The Labute approximate surface area is 92.5 Å². The minimum Gasteiger partial charge on any atom is -0.388 e. The van der Waals surface area contributed by atoms with E-state index in [9.17, 15) is 5.11 Å². The Balaban J connectivity index is 2.72. The molecule has 1 rings (SSSR count). The molecule has 0 bridgehead atoms. The third-order valence-corrected chi connectivity index (χ3v) is 3.08. The molecule has 0 radical (unpaired) electrons. The molecule has 1 aromatic carbocycles. The van der Waals surface area contributed by atoms with E-state index in [2.05, 4.69) is 12.1 Å². The molecular weight excluding hydrogens is 186 g/mol. The van der Waals surface area contributed by atoms with Gasteiger partial charge in [-0.2, -0.15) is 0 Å². The van der Waals surface area contributed by atoms with Crippen molar-refractivity contribution in [3.8, 4) is 0 Å². The molecule has 1 N–H and O–H groups in total. The number of nitrogens with zero attached hydrogens (tertiary/aromatic N) is 1. The summed E-state index contributed by atoms with van der Waals surface area (Å²) in [6.45, 7) is 3.94. The van der Waals surface area contributed by atoms with Crippen LogP contribution in [0.25, 0.3) is 0 Å². The quantitative estimate of drug-likeness (QED) is 0.815. The van der Waals surface area contributed by atoms with E-state index >= 15 is 0 Å². The van der Waals surface area contributed by atoms with E-state index < -0.39 is 5.60 Å². The van der Waals surface area contributed by atoms with E-state index in [0.717, 1.165) is 0 Å². The van der Waals surface area contributed by atoms with Crippen molar-refractivity contribution in [3.63, 3.8) is 0 Å². The normalized spacial score (nSPS) is 17.5. The van der Waals surface area contributed by atoms with Gasteiger partial charge in [0.1, 0.15) is 0 Å². The zero-order valence-corrected chi connectivity index (χ0v) is 10.1. The molecule has 0 aliphatic heterocycles. The van der Waals surface area contributed by atoms with E-state index in [-0.39, 0.29) is 6.04 Å². The third-order valence-electron chi connectivity index (χ3n) is 3.08. The van der Waals surface area contributed by atoms with Gasteiger partial charge in [-0.25, -0.2) is 0 Å². The molecule has 0 aromatic heterocycles. The van der Waals surface area contributed by atoms with Gasteiger partial charge in [0.15, 0.2) is 0 Å². The maximum atomic E-state index is 10.4. The fourth-order valence-corrected chi connectivity index (χ4v) is 1.71. The lowest BCUT2D eigenvalue weighted by Crippen LogP contribution is -2.47. The van der Waals surface area contributed by atoms with Crippen molar-refractivity contribution in [1.82, 2.24) is 4.90 Å². The second-order valence-electron chi connectivity index (χ2n) is 4.66. The number of benzene rings is 1. The molecule has 0 fully saturated rings. The maximum Gasteiger partial charge on any atom is 0.0811 e. The van der Waals surface area contributed by atoms with E-state index in [0.29, 0.717) is 6.42 Å². The molecule has 0 aliphatic carbocycles. The summed E-state index contributed by atoms with van der Waals surface area (Å²) in [6.07, 6.45) is 0.688. The lowest BCUT2D eigenvalue weighted by atomic mass is 9.89. The van der Waals surface area contributed by atoms with Gasteiger partial charge in [0.2, 0.25) is 0 Å². The molecule has 0 saturated heterocycles. The zero-order valence-electron chi connectivity index (χ0n) is 10.1. The third kappa shape index (κ3) is 3.33. The molecule has 2 heteroatoms. The van der Waals surface area contributed by atoms with Crippen molar-refractivity contribution < 1.29 is 5.11 Å². The zero-order chi connectivity index (χ0) is 11.5. The molecule has 2 atom stereocenters. The van der Waals surface area contributed by atoms with Gasteiger partial charge in [0, 0.05) is 12.5 Å². The highest BCUT2D eigenvalue weighted by Crippen LogP contribution is 2.19. The topological polar surface area (TPSA) is 23.5 Å². The smallest absolute Gasteiger partial charge is 0.0811 e. The van der Waals surface area contributed by atoms with Crippen LogP contribution in [0.2, 0.25) is 0 Å². The number of rotatable bonds is 4. The Morgan fingerprint density at radius 2 is 1.80 bits per heavy atom. The maximum absolute atomic E-state index is 10.4. The van der Waals surface area contributed by atoms with E-state index in [4.69, 9.17) is 0 Å². The van der Waals surface area contributed by atoms with Crippen LogP contribution in [0.1, 0.15) is 19.4 Å². The average molecular weight is 207 g/mol. The van der Waals surface area contributed by atoms with Crippen molar-refractivity contribution in [2.75, 3.05) is 14.1 Å². The van der Waals surface area contributed by atoms with E-state index in [1.165, 1.54) is 5.56 Å². The summed E-state index contributed by atoms with van der Waals surface area (Å²) in [5.74, 6) is 0. The first-order valence-corrected chi connectivity index (χ1v) is 5.36. The Bertz CT molecular complexity index is 293. The first-order chi connectivity index (χ1) is 6.93. The Hall–Kier alpha value is -0.860. The number of hydrogen-bond acceptors (Lipinski definition) is 2. The predicted octanol–water partition coefficient (Wildman–Crippen LogP) is 1.93. The van der Waals surface area contributed by atoms with Crippen molar-refractivity contribution in [2.24, 2.45) is 0 Å². The molecule has 0 spiro atoms. The van der Waals surface area contributed by atoms with Gasteiger partial charge < -0.3 is 10.0 Å². The lowest BCUT2D eigenvalue weighted by molar-refractivity contribution is -0.00966. The largest absolute Gasteiger partial charge is 0.388 e. The predicted molar refractivity (Wildman–Crippen MR) is 63.9 cm³/mol. The van der Waals surface area contributed by atoms with Gasteiger partial charge in [-0.05, 0) is 33.5 Å². The fourth-order valence-electron chi connectivity index (χ4n) is 1.71. The van der Waals surface area contributed by atoms with E-state index in [1.54, 1.807) is 0 Å². The lowest BCUT2D eigenvalue weighted by Gasteiger charge is -2.35. The van der Waals surface area contributed by atoms with Crippen molar-refractivity contribution in [2.45, 2.75) is 31.9 Å². The van der Waals surface area contributed by atoms with Crippen molar-refractivity contribution in [1.29, 1.82) is 0 Å². The fraction of sp³-hybridized carbons (Fsp3) is 0.538. The molecule has 0 saturated carbocycles. The van der Waals surface area contributed by atoms with Gasteiger partial charge >= 0.3 is 0 Å². The van der Waals surface area contributed by atoms with Crippen LogP contribution in [0.4, 0.5) is 0 Å². The molecule has 0 heterocycles. The van der Waals surface area contributed by atoms with Gasteiger partial charge in [-0.15, -0.1) is 0 Å². The molecule has 15 heavy (non-hydrogen) atoms. The molecular formula is C13H21NO. The Kier molecular flexibility index (Phi) is 3.89. The van der Waals surface area contributed by atoms with Gasteiger partial charge in [-0.1, -0.05) is 30.3 Å². The number of aliphatic hydroxyl groups is 1. The summed E-state index contributed by atoms with van der Waals surface area (Å²) < 4.78 is 0. The van der Waals surface area contributed by atoms with Crippen LogP contribution >= 0.6 is 0 Å². The Morgan fingerprint density at radius 3 is 2.27 bits per heavy atom. The number of hydrogen-bond donors (Lipinski definition) is 1. The van der Waals surface area contributed by atoms with Crippen LogP contribution in [0.15, 0.2) is 30.3 Å². The van der Waals surface area contributed by atoms with Crippen molar-refractivity contribution >= 4 is 0 Å². The van der Waals surface area contributed by atoms with Crippen LogP contribution < -0.4 is 0 Å². The molecule has 2 nitrogen and oxygen atoms in total. The first kappa shape index (κ1) is 12.2. The molecule has 84 valence electrons. The molecule has 1 unspecified atom stereocenters.